The molecule has 8 heteroatoms. The Morgan fingerprint density at radius 2 is 2.00 bits per heavy atom. The van der Waals surface area contributed by atoms with E-state index >= 15 is 0 Å². The lowest BCUT2D eigenvalue weighted by atomic mass is 10.0. The molecule has 0 saturated heterocycles. The van der Waals surface area contributed by atoms with Crippen molar-refractivity contribution in [3.05, 3.63) is 81.1 Å². The van der Waals surface area contributed by atoms with E-state index in [-0.39, 0.29) is 18.2 Å². The van der Waals surface area contributed by atoms with E-state index in [0.29, 0.717) is 47.4 Å². The van der Waals surface area contributed by atoms with Crippen molar-refractivity contribution in [2.75, 3.05) is 26.9 Å². The highest BCUT2D eigenvalue weighted by Gasteiger charge is 2.27. The van der Waals surface area contributed by atoms with E-state index in [1.54, 1.807) is 23.8 Å². The molecule has 166 valence electrons. The van der Waals surface area contributed by atoms with Gasteiger partial charge in [-0.2, -0.15) is 0 Å². The van der Waals surface area contributed by atoms with Gasteiger partial charge in [-0.1, -0.05) is 41.9 Å². The Kier molecular flexibility index (Phi) is 6.48. The summed E-state index contributed by atoms with van der Waals surface area (Å²) >= 11 is 6.48. The number of methoxy groups -OCH3 is 1. The van der Waals surface area contributed by atoms with E-state index in [0.717, 1.165) is 5.56 Å². The summed E-state index contributed by atoms with van der Waals surface area (Å²) in [6.07, 6.45) is 2.08. The van der Waals surface area contributed by atoms with Gasteiger partial charge in [-0.05, 0) is 11.6 Å². The topological polar surface area (TPSA) is 87.0 Å². The van der Waals surface area contributed by atoms with Crippen LogP contribution in [0.2, 0.25) is 5.02 Å². The molecule has 0 fully saturated rings. The zero-order valence-electron chi connectivity index (χ0n) is 17.4. The molecule has 3 aromatic rings. The molecule has 32 heavy (non-hydrogen) atoms. The van der Waals surface area contributed by atoms with Crippen LogP contribution in [-0.2, 0) is 4.74 Å². The monoisotopic (exact) mass is 455 g/mol. The molecule has 0 aliphatic carbocycles. The standard InChI is InChI=1S/C24H22ClNO6/c1-30-8-5-9-31-23-12-22-16(10-18(23)25)19-11-21(27)17(24(28)29)13-26(19)20(14-32-22)15-6-3-2-4-7-15/h2-4,6-7,10-13,20H,5,8-9,14H2,1H3,(H,28,29)/t20-/m0/s1. The van der Waals surface area contributed by atoms with Crippen LogP contribution in [0.3, 0.4) is 0 Å². The van der Waals surface area contributed by atoms with Crippen LogP contribution in [-0.4, -0.2) is 42.6 Å². The van der Waals surface area contributed by atoms with Gasteiger partial charge in [-0.15, -0.1) is 0 Å². The number of aromatic nitrogens is 1. The lowest BCUT2D eigenvalue weighted by Crippen LogP contribution is -2.23. The number of aromatic carboxylic acids is 1. The van der Waals surface area contributed by atoms with Crippen molar-refractivity contribution < 1.29 is 24.1 Å². The highest BCUT2D eigenvalue weighted by molar-refractivity contribution is 6.32. The van der Waals surface area contributed by atoms with Crippen molar-refractivity contribution in [3.8, 4) is 22.8 Å². The van der Waals surface area contributed by atoms with Crippen LogP contribution in [0.25, 0.3) is 11.3 Å². The van der Waals surface area contributed by atoms with Crippen molar-refractivity contribution in [1.82, 2.24) is 4.57 Å². The molecule has 0 unspecified atom stereocenters. The summed E-state index contributed by atoms with van der Waals surface area (Å²) in [5.74, 6) is -0.304. The Morgan fingerprint density at radius 1 is 1.22 bits per heavy atom. The van der Waals surface area contributed by atoms with Crippen LogP contribution in [0.15, 0.2) is 59.5 Å². The second-order valence-electron chi connectivity index (χ2n) is 7.36. The normalized spacial score (nSPS) is 14.6. The molecule has 1 aliphatic heterocycles. The molecule has 4 rings (SSSR count). The lowest BCUT2D eigenvalue weighted by Gasteiger charge is -2.21. The fourth-order valence-corrected chi connectivity index (χ4v) is 3.93. The number of benzene rings is 2. The number of ether oxygens (including phenoxy) is 3. The molecule has 2 aromatic carbocycles. The fourth-order valence-electron chi connectivity index (χ4n) is 3.72. The molecule has 0 spiro atoms. The van der Waals surface area contributed by atoms with Crippen molar-refractivity contribution in [2.45, 2.75) is 12.5 Å². The van der Waals surface area contributed by atoms with Crippen molar-refractivity contribution in [1.29, 1.82) is 0 Å². The number of hydrogen-bond acceptors (Lipinski definition) is 5. The Balaban J connectivity index is 1.83. The van der Waals surface area contributed by atoms with E-state index in [1.165, 1.54) is 12.3 Å². The summed E-state index contributed by atoms with van der Waals surface area (Å²) in [4.78, 5) is 24.2. The van der Waals surface area contributed by atoms with Gasteiger partial charge in [0.1, 0.15) is 23.7 Å². The third kappa shape index (κ3) is 4.35. The van der Waals surface area contributed by atoms with Crippen LogP contribution in [0.1, 0.15) is 28.4 Å². The summed E-state index contributed by atoms with van der Waals surface area (Å²) in [5, 5.41) is 9.86. The highest BCUT2D eigenvalue weighted by Crippen LogP contribution is 2.42. The van der Waals surface area contributed by atoms with Gasteiger partial charge in [0.25, 0.3) is 0 Å². The van der Waals surface area contributed by atoms with Gasteiger partial charge in [0, 0.05) is 44.0 Å². The molecule has 0 amide bonds. The van der Waals surface area contributed by atoms with Crippen LogP contribution < -0.4 is 14.9 Å². The third-order valence-electron chi connectivity index (χ3n) is 5.29. The smallest absolute Gasteiger partial charge is 0.341 e. The predicted molar refractivity (Wildman–Crippen MR) is 120 cm³/mol. The fraction of sp³-hybridized carbons (Fsp3) is 0.250. The summed E-state index contributed by atoms with van der Waals surface area (Å²) in [6, 6.07) is 13.9. The van der Waals surface area contributed by atoms with Crippen molar-refractivity contribution in [3.63, 3.8) is 0 Å². The third-order valence-corrected chi connectivity index (χ3v) is 5.58. The summed E-state index contributed by atoms with van der Waals surface area (Å²) in [6.45, 7) is 1.23. The Bertz CT molecular complexity index is 1190. The van der Waals surface area contributed by atoms with Crippen LogP contribution in [0.5, 0.6) is 11.5 Å². The minimum absolute atomic E-state index is 0.233. The van der Waals surface area contributed by atoms with Gasteiger partial charge in [-0.25, -0.2) is 4.79 Å². The molecule has 0 radical (unpaired) electrons. The molecule has 7 nitrogen and oxygen atoms in total. The Morgan fingerprint density at radius 3 is 2.72 bits per heavy atom. The number of carboxylic acids is 1. The number of pyridine rings is 1. The summed E-state index contributed by atoms with van der Waals surface area (Å²) in [7, 11) is 1.63. The molecule has 1 atom stereocenters. The van der Waals surface area contributed by atoms with Gasteiger partial charge in [0.05, 0.1) is 23.4 Å². The number of hydrogen-bond donors (Lipinski definition) is 1. The average molecular weight is 456 g/mol. The van der Waals surface area contributed by atoms with Gasteiger partial charge < -0.3 is 23.9 Å². The first-order chi connectivity index (χ1) is 15.5. The van der Waals surface area contributed by atoms with Crippen molar-refractivity contribution >= 4 is 17.6 Å². The minimum atomic E-state index is -1.28. The number of carboxylic acid groups (broad SMARTS) is 1. The highest BCUT2D eigenvalue weighted by atomic mass is 35.5. The molecule has 0 bridgehead atoms. The summed E-state index contributed by atoms with van der Waals surface area (Å²) < 4.78 is 18.7. The molecule has 1 aliphatic rings. The second-order valence-corrected chi connectivity index (χ2v) is 7.77. The van der Waals surface area contributed by atoms with Gasteiger partial charge in [0.15, 0.2) is 5.43 Å². The first-order valence-electron chi connectivity index (χ1n) is 10.1. The maximum Gasteiger partial charge on any atom is 0.341 e. The van der Waals surface area contributed by atoms with E-state index in [4.69, 9.17) is 25.8 Å². The average Bonchev–Trinajstić information content (AvgIpc) is 2.93. The Hall–Kier alpha value is -3.29. The van der Waals surface area contributed by atoms with E-state index < -0.39 is 11.4 Å². The lowest BCUT2D eigenvalue weighted by molar-refractivity contribution is 0.0694. The quantitative estimate of drug-likeness (QED) is 0.535. The molecular weight excluding hydrogens is 434 g/mol. The number of fused-ring (bicyclic) bond motifs is 3. The first kappa shape index (κ1) is 21.9. The van der Waals surface area contributed by atoms with E-state index in [9.17, 15) is 14.7 Å². The molecule has 0 saturated carbocycles. The zero-order valence-corrected chi connectivity index (χ0v) is 18.2. The molecule has 1 aromatic heterocycles. The largest absolute Gasteiger partial charge is 0.492 e. The maximum absolute atomic E-state index is 12.5. The summed E-state index contributed by atoms with van der Waals surface area (Å²) in [5.41, 5.74) is 1.14. The molecule has 1 N–H and O–H groups in total. The number of carbonyl (C=O) groups is 1. The zero-order chi connectivity index (χ0) is 22.7. The molecule has 2 heterocycles. The van der Waals surface area contributed by atoms with Crippen LogP contribution in [0, 0.1) is 0 Å². The SMILES string of the molecule is COCCCOc1cc2c(cc1Cl)-c1cc(=O)c(C(=O)O)cn1[C@H](c1ccccc1)CO2. The molecular formula is C24H22ClNO6. The van der Waals surface area contributed by atoms with E-state index in [1.807, 2.05) is 30.3 Å². The number of halogens is 1. The Labute approximate surface area is 189 Å². The van der Waals surface area contributed by atoms with Crippen molar-refractivity contribution in [2.24, 2.45) is 0 Å². The first-order valence-corrected chi connectivity index (χ1v) is 10.5. The minimum Gasteiger partial charge on any atom is -0.492 e. The van der Waals surface area contributed by atoms with Gasteiger partial charge in [-0.3, -0.25) is 4.79 Å². The van der Waals surface area contributed by atoms with Gasteiger partial charge in [0.2, 0.25) is 0 Å². The van der Waals surface area contributed by atoms with Crippen LogP contribution >= 0.6 is 11.6 Å². The maximum atomic E-state index is 12.5. The second kappa shape index (κ2) is 9.46. The van der Waals surface area contributed by atoms with Gasteiger partial charge >= 0.3 is 5.97 Å². The predicted octanol–water partition coefficient (Wildman–Crippen LogP) is 4.26. The van der Waals surface area contributed by atoms with E-state index in [2.05, 4.69) is 0 Å². The number of rotatable bonds is 7. The van der Waals surface area contributed by atoms with Crippen LogP contribution in [0.4, 0.5) is 0 Å². The number of nitrogens with zero attached hydrogens (tertiary/aromatic N) is 1.